The van der Waals surface area contributed by atoms with Gasteiger partial charge in [0.25, 0.3) is 0 Å². The maximum atomic E-state index is 11.3. The van der Waals surface area contributed by atoms with Crippen LogP contribution in [0.25, 0.3) is 0 Å². The van der Waals surface area contributed by atoms with Gasteiger partial charge < -0.3 is 4.90 Å². The maximum absolute atomic E-state index is 11.3. The van der Waals surface area contributed by atoms with Crippen molar-refractivity contribution in [2.75, 3.05) is 19.8 Å². The second kappa shape index (κ2) is 6.82. The summed E-state index contributed by atoms with van der Waals surface area (Å²) in [4.78, 5) is 14.7. The standard InChI is InChI=1S/C14H21NOS/c1-5-17-13-8-6-12(7-9-13)14(15(3)4)10-11(2)16/h6-9,14H,5,10H2,1-4H3. The van der Waals surface area contributed by atoms with Crippen molar-refractivity contribution >= 4 is 17.5 Å². The Bertz CT molecular complexity index is 359. The third-order valence-electron chi connectivity index (χ3n) is 2.68. The van der Waals surface area contributed by atoms with Gasteiger partial charge in [-0.2, -0.15) is 0 Å². The normalized spacial score (nSPS) is 12.8. The van der Waals surface area contributed by atoms with Crippen LogP contribution in [0.3, 0.4) is 0 Å². The van der Waals surface area contributed by atoms with E-state index >= 15 is 0 Å². The summed E-state index contributed by atoms with van der Waals surface area (Å²) in [5, 5.41) is 0. The van der Waals surface area contributed by atoms with Crippen LogP contribution in [0.1, 0.15) is 31.9 Å². The van der Waals surface area contributed by atoms with E-state index in [-0.39, 0.29) is 11.8 Å². The molecule has 1 rings (SSSR count). The van der Waals surface area contributed by atoms with E-state index in [2.05, 4.69) is 36.1 Å². The van der Waals surface area contributed by atoms with E-state index in [1.807, 2.05) is 25.9 Å². The number of carbonyl (C=O) groups excluding carboxylic acids is 1. The van der Waals surface area contributed by atoms with Gasteiger partial charge in [0, 0.05) is 17.4 Å². The molecular weight excluding hydrogens is 230 g/mol. The van der Waals surface area contributed by atoms with Gasteiger partial charge in [-0.05, 0) is 44.5 Å². The molecule has 0 saturated heterocycles. The first-order chi connectivity index (χ1) is 8.04. The van der Waals surface area contributed by atoms with E-state index in [0.29, 0.717) is 6.42 Å². The average Bonchev–Trinajstić information content (AvgIpc) is 2.27. The quantitative estimate of drug-likeness (QED) is 0.723. The number of ketones is 1. The van der Waals surface area contributed by atoms with Crippen molar-refractivity contribution in [3.8, 4) is 0 Å². The molecule has 0 fully saturated rings. The van der Waals surface area contributed by atoms with Crippen LogP contribution in [0.5, 0.6) is 0 Å². The fraction of sp³-hybridized carbons (Fsp3) is 0.500. The summed E-state index contributed by atoms with van der Waals surface area (Å²) in [5.74, 6) is 1.32. The van der Waals surface area contributed by atoms with Crippen molar-refractivity contribution < 1.29 is 4.79 Å². The molecule has 2 nitrogen and oxygen atoms in total. The zero-order chi connectivity index (χ0) is 12.8. The Labute approximate surface area is 108 Å². The number of benzene rings is 1. The molecule has 0 spiro atoms. The zero-order valence-corrected chi connectivity index (χ0v) is 11.9. The number of nitrogens with zero attached hydrogens (tertiary/aromatic N) is 1. The van der Waals surface area contributed by atoms with Gasteiger partial charge >= 0.3 is 0 Å². The Balaban J connectivity index is 2.83. The number of hydrogen-bond acceptors (Lipinski definition) is 3. The van der Waals surface area contributed by atoms with Crippen LogP contribution >= 0.6 is 11.8 Å². The molecule has 3 heteroatoms. The summed E-state index contributed by atoms with van der Waals surface area (Å²) in [5.41, 5.74) is 1.21. The number of Topliss-reactive ketones (excluding diaryl/α,β-unsaturated/α-hetero) is 1. The van der Waals surface area contributed by atoms with E-state index in [1.165, 1.54) is 10.5 Å². The van der Waals surface area contributed by atoms with Crippen molar-refractivity contribution in [3.05, 3.63) is 29.8 Å². The third-order valence-corrected chi connectivity index (χ3v) is 3.57. The Kier molecular flexibility index (Phi) is 5.72. The maximum Gasteiger partial charge on any atom is 0.131 e. The van der Waals surface area contributed by atoms with E-state index in [9.17, 15) is 4.79 Å². The molecule has 0 N–H and O–H groups in total. The topological polar surface area (TPSA) is 20.3 Å². The highest BCUT2D eigenvalue weighted by Gasteiger charge is 2.15. The molecule has 0 aromatic heterocycles. The van der Waals surface area contributed by atoms with Crippen LogP contribution in [-0.4, -0.2) is 30.5 Å². The molecule has 0 amide bonds. The van der Waals surface area contributed by atoms with Gasteiger partial charge in [0.1, 0.15) is 5.78 Å². The summed E-state index contributed by atoms with van der Waals surface area (Å²) in [7, 11) is 4.03. The highest BCUT2D eigenvalue weighted by atomic mass is 32.2. The Morgan fingerprint density at radius 2 is 1.88 bits per heavy atom. The molecule has 1 aromatic carbocycles. The molecule has 1 unspecified atom stereocenters. The van der Waals surface area contributed by atoms with Crippen molar-refractivity contribution in [2.24, 2.45) is 0 Å². The van der Waals surface area contributed by atoms with Crippen LogP contribution in [0.4, 0.5) is 0 Å². The fourth-order valence-corrected chi connectivity index (χ4v) is 2.49. The first-order valence-corrected chi connectivity index (χ1v) is 6.91. The molecule has 1 atom stereocenters. The monoisotopic (exact) mass is 251 g/mol. The van der Waals surface area contributed by atoms with Crippen LogP contribution < -0.4 is 0 Å². The number of carbonyl (C=O) groups is 1. The van der Waals surface area contributed by atoms with E-state index < -0.39 is 0 Å². The molecule has 0 saturated carbocycles. The third kappa shape index (κ3) is 4.52. The number of thioether (sulfide) groups is 1. The minimum atomic E-state index is 0.188. The van der Waals surface area contributed by atoms with E-state index in [1.54, 1.807) is 6.92 Å². The summed E-state index contributed by atoms with van der Waals surface area (Å²) in [6, 6.07) is 8.73. The van der Waals surface area contributed by atoms with Gasteiger partial charge in [0.2, 0.25) is 0 Å². The summed E-state index contributed by atoms with van der Waals surface area (Å²) < 4.78 is 0. The minimum Gasteiger partial charge on any atom is -0.302 e. The lowest BCUT2D eigenvalue weighted by atomic mass is 10.0. The van der Waals surface area contributed by atoms with Gasteiger partial charge in [-0.15, -0.1) is 11.8 Å². The lowest BCUT2D eigenvalue weighted by Gasteiger charge is -2.23. The molecule has 1 aromatic rings. The van der Waals surface area contributed by atoms with Crippen molar-refractivity contribution in [2.45, 2.75) is 31.2 Å². The Morgan fingerprint density at radius 1 is 1.29 bits per heavy atom. The molecule has 0 aliphatic rings. The van der Waals surface area contributed by atoms with Gasteiger partial charge in [-0.1, -0.05) is 19.1 Å². The first kappa shape index (κ1) is 14.3. The fourth-order valence-electron chi connectivity index (χ4n) is 1.82. The molecule has 94 valence electrons. The van der Waals surface area contributed by atoms with Crippen molar-refractivity contribution in [1.29, 1.82) is 0 Å². The van der Waals surface area contributed by atoms with Gasteiger partial charge in [0.15, 0.2) is 0 Å². The van der Waals surface area contributed by atoms with E-state index in [4.69, 9.17) is 0 Å². The largest absolute Gasteiger partial charge is 0.302 e. The van der Waals surface area contributed by atoms with Crippen molar-refractivity contribution in [3.63, 3.8) is 0 Å². The Hall–Kier alpha value is -0.800. The zero-order valence-electron chi connectivity index (χ0n) is 11.1. The van der Waals surface area contributed by atoms with Gasteiger partial charge in [0.05, 0.1) is 0 Å². The Morgan fingerprint density at radius 3 is 2.29 bits per heavy atom. The minimum absolute atomic E-state index is 0.188. The smallest absolute Gasteiger partial charge is 0.131 e. The van der Waals surface area contributed by atoms with Gasteiger partial charge in [-0.3, -0.25) is 4.79 Å². The van der Waals surface area contributed by atoms with E-state index in [0.717, 1.165) is 5.75 Å². The highest BCUT2D eigenvalue weighted by molar-refractivity contribution is 7.99. The molecule has 0 bridgehead atoms. The molecule has 0 aliphatic carbocycles. The average molecular weight is 251 g/mol. The van der Waals surface area contributed by atoms with Crippen LogP contribution in [0.2, 0.25) is 0 Å². The van der Waals surface area contributed by atoms with Crippen LogP contribution in [0.15, 0.2) is 29.2 Å². The molecule has 0 heterocycles. The first-order valence-electron chi connectivity index (χ1n) is 5.93. The lowest BCUT2D eigenvalue weighted by Crippen LogP contribution is -2.22. The highest BCUT2D eigenvalue weighted by Crippen LogP contribution is 2.25. The summed E-state index contributed by atoms with van der Waals surface area (Å²) in [6.45, 7) is 3.80. The second-order valence-corrected chi connectivity index (χ2v) is 5.73. The van der Waals surface area contributed by atoms with Crippen LogP contribution in [-0.2, 0) is 4.79 Å². The second-order valence-electron chi connectivity index (χ2n) is 4.39. The number of hydrogen-bond donors (Lipinski definition) is 0. The number of rotatable bonds is 6. The SMILES string of the molecule is CCSc1ccc(C(CC(C)=O)N(C)C)cc1. The predicted octanol–water partition coefficient (Wildman–Crippen LogP) is 3.38. The van der Waals surface area contributed by atoms with Crippen LogP contribution in [0, 0.1) is 0 Å². The summed E-state index contributed by atoms with van der Waals surface area (Å²) >= 11 is 1.84. The summed E-state index contributed by atoms with van der Waals surface area (Å²) in [6.07, 6.45) is 0.577. The van der Waals surface area contributed by atoms with Gasteiger partial charge in [-0.25, -0.2) is 0 Å². The molecule has 0 radical (unpaired) electrons. The molecule has 17 heavy (non-hydrogen) atoms. The lowest BCUT2D eigenvalue weighted by molar-refractivity contribution is -0.118. The predicted molar refractivity (Wildman–Crippen MR) is 74.6 cm³/mol. The molecule has 0 aliphatic heterocycles. The van der Waals surface area contributed by atoms with Crippen molar-refractivity contribution in [1.82, 2.24) is 4.90 Å². The molecular formula is C14H21NOS.